The molecule has 0 bridgehead atoms. The predicted molar refractivity (Wildman–Crippen MR) is 157 cm³/mol. The van der Waals surface area contributed by atoms with Crippen molar-refractivity contribution in [2.24, 2.45) is 4.99 Å². The van der Waals surface area contributed by atoms with Crippen molar-refractivity contribution in [2.75, 3.05) is 7.11 Å². The van der Waals surface area contributed by atoms with Crippen LogP contribution in [0.2, 0.25) is 0 Å². The molecule has 0 radical (unpaired) electrons. The van der Waals surface area contributed by atoms with Crippen molar-refractivity contribution >= 4 is 40.6 Å². The molecule has 1 amide bonds. The van der Waals surface area contributed by atoms with Crippen LogP contribution in [-0.2, 0) is 17.9 Å². The highest BCUT2D eigenvalue weighted by atomic mass is 32.2. The molecule has 0 aliphatic carbocycles. The Bertz CT molecular complexity index is 1550. The van der Waals surface area contributed by atoms with Gasteiger partial charge in [0.25, 0.3) is 5.91 Å². The van der Waals surface area contributed by atoms with E-state index in [1.54, 1.807) is 24.1 Å². The number of aliphatic imine (C=N–C) groups is 1. The van der Waals surface area contributed by atoms with Gasteiger partial charge in [0.15, 0.2) is 5.17 Å². The van der Waals surface area contributed by atoms with Gasteiger partial charge in [0, 0.05) is 0 Å². The van der Waals surface area contributed by atoms with Gasteiger partial charge in [0.1, 0.15) is 18.1 Å². The Morgan fingerprint density at radius 2 is 1.55 bits per heavy atom. The molecule has 0 spiro atoms. The first-order chi connectivity index (χ1) is 19.5. The Morgan fingerprint density at radius 1 is 0.875 bits per heavy atom. The van der Waals surface area contributed by atoms with Crippen LogP contribution in [0.15, 0.2) is 113 Å². The summed E-state index contributed by atoms with van der Waals surface area (Å²) in [5.74, 6) is 0.280. The summed E-state index contributed by atoms with van der Waals surface area (Å²) < 4.78 is 11.1. The smallest absolute Gasteiger partial charge is 0.335 e. The van der Waals surface area contributed by atoms with Crippen LogP contribution >= 0.6 is 11.8 Å². The molecule has 0 saturated carbocycles. The number of carbonyl (C=O) groups excluding carboxylic acids is 1. The lowest BCUT2D eigenvalue weighted by Gasteiger charge is -2.16. The summed E-state index contributed by atoms with van der Waals surface area (Å²) in [4.78, 5) is 31.7. The van der Waals surface area contributed by atoms with E-state index in [4.69, 9.17) is 14.5 Å². The number of nitrogens with zero attached hydrogens (tertiary/aromatic N) is 2. The van der Waals surface area contributed by atoms with Crippen LogP contribution < -0.4 is 9.47 Å². The summed E-state index contributed by atoms with van der Waals surface area (Å²) in [6.07, 6.45) is 1.84. The van der Waals surface area contributed by atoms with Crippen molar-refractivity contribution in [3.63, 3.8) is 0 Å². The number of amides is 1. The van der Waals surface area contributed by atoms with E-state index in [9.17, 15) is 14.7 Å². The van der Waals surface area contributed by atoms with Crippen molar-refractivity contribution in [1.82, 2.24) is 4.90 Å². The maximum absolute atomic E-state index is 13.5. The van der Waals surface area contributed by atoms with Crippen molar-refractivity contribution in [3.05, 3.63) is 130 Å². The van der Waals surface area contributed by atoms with Gasteiger partial charge in [0.2, 0.25) is 0 Å². The van der Waals surface area contributed by atoms with E-state index in [2.05, 4.69) is 0 Å². The average molecular weight is 551 g/mol. The number of ether oxygens (including phenoxy) is 2. The standard InChI is InChI=1S/C32H26N2O5S/c1-38-27-17-13-26(14-18-27)33-32-34(20-23-7-11-25(12-8-23)31(36)37)30(35)29(40-32)19-22-9-15-28(16-10-22)39-21-24-5-3-2-4-6-24/h2-19H,20-21H2,1H3,(H,36,37)/b29-19-,33-32?. The highest BCUT2D eigenvalue weighted by Gasteiger charge is 2.33. The van der Waals surface area contributed by atoms with Crippen molar-refractivity contribution < 1.29 is 24.2 Å². The molecule has 0 aromatic heterocycles. The third-order valence-corrected chi connectivity index (χ3v) is 7.16. The van der Waals surface area contributed by atoms with Crippen LogP contribution in [0.4, 0.5) is 5.69 Å². The van der Waals surface area contributed by atoms with Crippen molar-refractivity contribution in [3.8, 4) is 11.5 Å². The normalized spacial score (nSPS) is 15.0. The van der Waals surface area contributed by atoms with Gasteiger partial charge in [-0.1, -0.05) is 54.6 Å². The minimum Gasteiger partial charge on any atom is -0.497 e. The summed E-state index contributed by atoms with van der Waals surface area (Å²) in [5.41, 5.74) is 3.61. The Balaban J connectivity index is 1.37. The van der Waals surface area contributed by atoms with E-state index in [1.165, 1.54) is 23.9 Å². The summed E-state index contributed by atoms with van der Waals surface area (Å²) >= 11 is 1.30. The van der Waals surface area contributed by atoms with Gasteiger partial charge in [-0.05, 0) is 83.1 Å². The van der Waals surface area contributed by atoms with Crippen molar-refractivity contribution in [2.45, 2.75) is 13.2 Å². The SMILES string of the molecule is COc1ccc(N=C2S/C(=C\c3ccc(OCc4ccccc4)cc3)C(=O)N2Cc2ccc(C(=O)O)cc2)cc1. The first kappa shape index (κ1) is 26.8. The zero-order valence-electron chi connectivity index (χ0n) is 21.7. The number of benzene rings is 4. The number of hydrogen-bond donors (Lipinski definition) is 1. The molecule has 1 saturated heterocycles. The molecule has 1 aliphatic heterocycles. The Morgan fingerprint density at radius 3 is 2.20 bits per heavy atom. The van der Waals surface area contributed by atoms with Crippen LogP contribution in [0.1, 0.15) is 27.0 Å². The largest absolute Gasteiger partial charge is 0.497 e. The van der Waals surface area contributed by atoms with Gasteiger partial charge in [-0.2, -0.15) is 0 Å². The fourth-order valence-electron chi connectivity index (χ4n) is 3.99. The molecule has 0 unspecified atom stereocenters. The van der Waals surface area contributed by atoms with E-state index in [0.29, 0.717) is 28.1 Å². The lowest BCUT2D eigenvalue weighted by molar-refractivity contribution is -0.122. The highest BCUT2D eigenvalue weighted by Crippen LogP contribution is 2.35. The molecular weight excluding hydrogens is 524 g/mol. The molecule has 40 heavy (non-hydrogen) atoms. The number of methoxy groups -OCH3 is 1. The van der Waals surface area contributed by atoms with Crippen LogP contribution in [0.3, 0.4) is 0 Å². The Labute approximate surface area is 236 Å². The second-order valence-corrected chi connectivity index (χ2v) is 9.95. The van der Waals surface area contributed by atoms with Crippen LogP contribution in [-0.4, -0.2) is 34.2 Å². The second kappa shape index (κ2) is 12.4. The lowest BCUT2D eigenvalue weighted by Crippen LogP contribution is -2.28. The number of carbonyl (C=O) groups is 2. The topological polar surface area (TPSA) is 88.4 Å². The van der Waals surface area contributed by atoms with Gasteiger partial charge in [-0.3, -0.25) is 9.69 Å². The molecule has 4 aromatic carbocycles. The maximum atomic E-state index is 13.5. The predicted octanol–water partition coefficient (Wildman–Crippen LogP) is 6.78. The minimum atomic E-state index is -0.997. The second-order valence-electron chi connectivity index (χ2n) is 8.94. The third kappa shape index (κ3) is 6.59. The monoisotopic (exact) mass is 550 g/mol. The quantitative estimate of drug-likeness (QED) is 0.231. The summed E-state index contributed by atoms with van der Waals surface area (Å²) in [7, 11) is 1.60. The van der Waals surface area contributed by atoms with E-state index >= 15 is 0 Å². The molecule has 0 atom stereocenters. The number of aromatic carboxylic acids is 1. The number of hydrogen-bond acceptors (Lipinski definition) is 6. The van der Waals surface area contributed by atoms with Gasteiger partial charge in [-0.25, -0.2) is 9.79 Å². The van der Waals surface area contributed by atoms with Crippen molar-refractivity contribution in [1.29, 1.82) is 0 Å². The molecule has 4 aromatic rings. The van der Waals surface area contributed by atoms with E-state index in [1.807, 2.05) is 84.9 Å². The molecule has 200 valence electrons. The van der Waals surface area contributed by atoms with E-state index < -0.39 is 5.97 Å². The zero-order valence-corrected chi connectivity index (χ0v) is 22.5. The number of carboxylic acids is 1. The Hall–Kier alpha value is -4.82. The first-order valence-electron chi connectivity index (χ1n) is 12.5. The number of rotatable bonds is 9. The van der Waals surface area contributed by atoms with Gasteiger partial charge < -0.3 is 14.6 Å². The highest BCUT2D eigenvalue weighted by molar-refractivity contribution is 8.18. The van der Waals surface area contributed by atoms with E-state index in [-0.39, 0.29) is 18.0 Å². The third-order valence-electron chi connectivity index (χ3n) is 6.15. The Kier molecular flexibility index (Phi) is 8.27. The number of carboxylic acid groups (broad SMARTS) is 1. The van der Waals surface area contributed by atoms with Crippen LogP contribution in [0.25, 0.3) is 6.08 Å². The van der Waals surface area contributed by atoms with E-state index in [0.717, 1.165) is 22.4 Å². The molecule has 8 heteroatoms. The number of amidine groups is 1. The van der Waals surface area contributed by atoms with Crippen LogP contribution in [0, 0.1) is 0 Å². The summed E-state index contributed by atoms with van der Waals surface area (Å²) in [6.45, 7) is 0.730. The molecule has 1 fully saturated rings. The molecular formula is C32H26N2O5S. The maximum Gasteiger partial charge on any atom is 0.335 e. The van der Waals surface area contributed by atoms with Gasteiger partial charge in [0.05, 0.1) is 29.8 Å². The molecule has 1 heterocycles. The van der Waals surface area contributed by atoms with Crippen LogP contribution in [0.5, 0.6) is 11.5 Å². The van der Waals surface area contributed by atoms with Gasteiger partial charge >= 0.3 is 5.97 Å². The zero-order chi connectivity index (χ0) is 27.9. The fourth-order valence-corrected chi connectivity index (χ4v) is 4.98. The average Bonchev–Trinajstić information content (AvgIpc) is 3.26. The lowest BCUT2D eigenvalue weighted by atomic mass is 10.1. The first-order valence-corrected chi connectivity index (χ1v) is 13.3. The summed E-state index contributed by atoms with van der Waals surface area (Å²) in [6, 6.07) is 31.3. The fraction of sp³-hybridized carbons (Fsp3) is 0.0938. The molecule has 1 N–H and O–H groups in total. The minimum absolute atomic E-state index is 0.177. The molecule has 1 aliphatic rings. The summed E-state index contributed by atoms with van der Waals surface area (Å²) in [5, 5.41) is 9.74. The molecule has 7 nitrogen and oxygen atoms in total. The van der Waals surface area contributed by atoms with Gasteiger partial charge in [-0.15, -0.1) is 0 Å². The number of thioether (sulfide) groups is 1. The molecule has 5 rings (SSSR count).